The summed E-state index contributed by atoms with van der Waals surface area (Å²) < 4.78 is 51.1. The van der Waals surface area contributed by atoms with Gasteiger partial charge in [-0.3, -0.25) is 9.78 Å². The lowest BCUT2D eigenvalue weighted by Gasteiger charge is -2.19. The van der Waals surface area contributed by atoms with Crippen LogP contribution in [0.1, 0.15) is 16.8 Å². The Hall–Kier alpha value is -4.35. The monoisotopic (exact) mass is 542 g/mol. The minimum absolute atomic E-state index is 0.0494. The summed E-state index contributed by atoms with van der Waals surface area (Å²) in [5.74, 6) is 1.29. The van der Waals surface area contributed by atoms with E-state index in [-0.39, 0.29) is 24.5 Å². The molecule has 3 N–H and O–H groups in total. The molecule has 1 aliphatic heterocycles. The summed E-state index contributed by atoms with van der Waals surface area (Å²) in [5, 5.41) is 11.2. The van der Waals surface area contributed by atoms with Crippen LogP contribution >= 0.6 is 11.6 Å². The molecule has 0 spiro atoms. The van der Waals surface area contributed by atoms with Crippen LogP contribution in [0.4, 0.5) is 18.9 Å². The molecule has 0 fully saturated rings. The maximum Gasteiger partial charge on any atom is 0.417 e. The number of benzene rings is 2. The van der Waals surface area contributed by atoms with Crippen molar-refractivity contribution in [1.29, 1.82) is 0 Å². The highest BCUT2D eigenvalue weighted by molar-refractivity contribution is 6.31. The normalized spacial score (nSPS) is 12.8. The molecule has 4 aromatic rings. The van der Waals surface area contributed by atoms with Gasteiger partial charge in [0.05, 0.1) is 34.7 Å². The Kier molecular flexibility index (Phi) is 6.79. The summed E-state index contributed by atoms with van der Waals surface area (Å²) in [7, 11) is 0. The summed E-state index contributed by atoms with van der Waals surface area (Å²) >= 11 is 5.65. The van der Waals surface area contributed by atoms with E-state index in [2.05, 4.69) is 20.3 Å². The van der Waals surface area contributed by atoms with Crippen molar-refractivity contribution in [1.82, 2.24) is 15.0 Å². The number of aliphatic hydroxyl groups is 1. The second kappa shape index (κ2) is 10.2. The Morgan fingerprint density at radius 1 is 1.13 bits per heavy atom. The van der Waals surface area contributed by atoms with E-state index in [0.29, 0.717) is 40.0 Å². The molecular formula is C26H18ClF3N4O4. The van der Waals surface area contributed by atoms with Crippen LogP contribution < -0.4 is 14.8 Å². The number of aromatic nitrogens is 3. The van der Waals surface area contributed by atoms with Crippen LogP contribution in [0, 0.1) is 0 Å². The number of hydrogen-bond acceptors (Lipinski definition) is 6. The predicted molar refractivity (Wildman–Crippen MR) is 133 cm³/mol. The molecule has 0 unspecified atom stereocenters. The summed E-state index contributed by atoms with van der Waals surface area (Å²) in [6.45, 7) is -0.242. The number of hydrogen-bond donors (Lipinski definition) is 3. The first-order valence-corrected chi connectivity index (χ1v) is 11.5. The highest BCUT2D eigenvalue weighted by Crippen LogP contribution is 2.37. The number of amides is 1. The largest absolute Gasteiger partial charge is 0.488 e. The van der Waals surface area contributed by atoms with Gasteiger partial charge in [-0.2, -0.15) is 13.2 Å². The van der Waals surface area contributed by atoms with Crippen LogP contribution in [0.15, 0.2) is 66.5 Å². The van der Waals surface area contributed by atoms with Crippen LogP contribution in [0.5, 0.6) is 17.2 Å². The van der Waals surface area contributed by atoms with Crippen LogP contribution in [0.2, 0.25) is 5.02 Å². The number of rotatable bonds is 6. The second-order valence-electron chi connectivity index (χ2n) is 8.20. The van der Waals surface area contributed by atoms with Crippen molar-refractivity contribution in [3.05, 3.63) is 88.3 Å². The molecule has 0 aliphatic carbocycles. The number of nitrogens with one attached hydrogen (secondary N) is 2. The summed E-state index contributed by atoms with van der Waals surface area (Å²) in [6, 6.07) is 11.5. The Morgan fingerprint density at radius 3 is 2.71 bits per heavy atom. The molecule has 0 saturated carbocycles. The molecule has 1 amide bonds. The third-order valence-corrected chi connectivity index (χ3v) is 5.85. The number of carbonyl (C=O) groups excluding carboxylic acids is 1. The minimum atomic E-state index is -4.66. The zero-order chi connectivity index (χ0) is 26.9. The number of imidazole rings is 1. The SMILES string of the molecule is O=C(Nc1ccc(Cl)c(C(F)(F)F)c1)C1=Cc2cc(Oc3ccnc(-c4ncc(CO)[nH]4)c3)ccc2OC1. The van der Waals surface area contributed by atoms with E-state index in [1.807, 2.05) is 0 Å². The number of halogens is 4. The Morgan fingerprint density at radius 2 is 1.95 bits per heavy atom. The molecule has 0 saturated heterocycles. The van der Waals surface area contributed by atoms with E-state index < -0.39 is 22.7 Å². The number of ether oxygens (including phenoxy) is 2. The van der Waals surface area contributed by atoms with Gasteiger partial charge in [-0.25, -0.2) is 4.98 Å². The van der Waals surface area contributed by atoms with Gasteiger partial charge in [-0.05, 0) is 48.5 Å². The molecular weight excluding hydrogens is 525 g/mol. The number of pyridine rings is 1. The zero-order valence-corrected chi connectivity index (χ0v) is 20.1. The fourth-order valence-corrected chi connectivity index (χ4v) is 3.92. The fourth-order valence-electron chi connectivity index (χ4n) is 3.69. The standard InChI is InChI=1S/C26H18ClF3N4O4/c27-21-3-1-16(9-20(21)26(28,29)30)34-25(36)15-7-14-8-18(2-4-23(14)37-13-15)38-19-5-6-31-22(10-19)24-32-11-17(12-35)33-24/h1-11,35H,12-13H2,(H,32,33)(H,34,36). The van der Waals surface area contributed by atoms with Crippen LogP contribution in [0.25, 0.3) is 17.6 Å². The molecule has 2 aromatic heterocycles. The number of aliphatic hydroxyl groups excluding tert-OH is 1. The number of alkyl halides is 3. The molecule has 8 nitrogen and oxygen atoms in total. The predicted octanol–water partition coefficient (Wildman–Crippen LogP) is 5.84. The van der Waals surface area contributed by atoms with Gasteiger partial charge in [-0.15, -0.1) is 0 Å². The van der Waals surface area contributed by atoms with Gasteiger partial charge in [-0.1, -0.05) is 11.6 Å². The molecule has 194 valence electrons. The van der Waals surface area contributed by atoms with Crippen molar-refractivity contribution in [2.24, 2.45) is 0 Å². The third kappa shape index (κ3) is 5.48. The summed E-state index contributed by atoms with van der Waals surface area (Å²) in [4.78, 5) is 24.2. The van der Waals surface area contributed by atoms with Gasteiger partial charge in [0, 0.05) is 23.5 Å². The summed E-state index contributed by atoms with van der Waals surface area (Å²) in [6.07, 6.45) is -0.0119. The average molecular weight is 543 g/mol. The topological polar surface area (TPSA) is 109 Å². The molecule has 0 radical (unpaired) electrons. The molecule has 38 heavy (non-hydrogen) atoms. The van der Waals surface area contributed by atoms with Gasteiger partial charge in [0.1, 0.15) is 29.5 Å². The number of aromatic amines is 1. The molecule has 1 aliphatic rings. The average Bonchev–Trinajstić information content (AvgIpc) is 3.38. The number of anilines is 1. The first-order chi connectivity index (χ1) is 18.2. The van der Waals surface area contributed by atoms with Crippen molar-refractivity contribution < 1.29 is 32.5 Å². The van der Waals surface area contributed by atoms with Gasteiger partial charge in [0.25, 0.3) is 5.91 Å². The molecule has 5 rings (SSSR count). The number of H-pyrrole nitrogens is 1. The Bertz CT molecular complexity index is 1550. The van der Waals surface area contributed by atoms with Gasteiger partial charge in [0.15, 0.2) is 5.82 Å². The van der Waals surface area contributed by atoms with E-state index in [1.54, 1.807) is 42.6 Å². The van der Waals surface area contributed by atoms with E-state index in [9.17, 15) is 23.1 Å². The van der Waals surface area contributed by atoms with Crippen molar-refractivity contribution in [3.63, 3.8) is 0 Å². The van der Waals surface area contributed by atoms with E-state index in [1.165, 1.54) is 12.3 Å². The quantitative estimate of drug-likeness (QED) is 0.282. The lowest BCUT2D eigenvalue weighted by Crippen LogP contribution is -2.21. The maximum atomic E-state index is 13.1. The lowest BCUT2D eigenvalue weighted by atomic mass is 10.1. The molecule has 0 atom stereocenters. The highest BCUT2D eigenvalue weighted by Gasteiger charge is 2.33. The Balaban J connectivity index is 1.33. The first-order valence-electron chi connectivity index (χ1n) is 11.1. The Labute approximate surface area is 218 Å². The smallest absolute Gasteiger partial charge is 0.417 e. The highest BCUT2D eigenvalue weighted by atomic mass is 35.5. The molecule has 12 heteroatoms. The lowest BCUT2D eigenvalue weighted by molar-refractivity contribution is -0.137. The fraction of sp³-hybridized carbons (Fsp3) is 0.115. The van der Waals surface area contributed by atoms with Crippen molar-refractivity contribution in [2.45, 2.75) is 12.8 Å². The van der Waals surface area contributed by atoms with Crippen molar-refractivity contribution >= 4 is 29.3 Å². The maximum absolute atomic E-state index is 13.1. The van der Waals surface area contributed by atoms with Crippen LogP contribution in [-0.4, -0.2) is 32.6 Å². The van der Waals surface area contributed by atoms with Gasteiger partial charge in [0.2, 0.25) is 0 Å². The van der Waals surface area contributed by atoms with E-state index >= 15 is 0 Å². The van der Waals surface area contributed by atoms with Crippen LogP contribution in [0.3, 0.4) is 0 Å². The van der Waals surface area contributed by atoms with Crippen molar-refractivity contribution in [3.8, 4) is 28.8 Å². The molecule has 2 aromatic carbocycles. The van der Waals surface area contributed by atoms with Crippen molar-refractivity contribution in [2.75, 3.05) is 11.9 Å². The molecule has 3 heterocycles. The first kappa shape index (κ1) is 25.3. The molecule has 0 bridgehead atoms. The van der Waals surface area contributed by atoms with Crippen LogP contribution in [-0.2, 0) is 17.6 Å². The summed E-state index contributed by atoms with van der Waals surface area (Å²) in [5.41, 5.74) is 0.732. The van der Waals surface area contributed by atoms with E-state index in [0.717, 1.165) is 12.1 Å². The minimum Gasteiger partial charge on any atom is -0.488 e. The van der Waals surface area contributed by atoms with E-state index in [4.69, 9.17) is 21.1 Å². The second-order valence-corrected chi connectivity index (χ2v) is 8.61. The third-order valence-electron chi connectivity index (χ3n) is 5.52. The number of fused-ring (bicyclic) bond motifs is 1. The zero-order valence-electron chi connectivity index (χ0n) is 19.3. The van der Waals surface area contributed by atoms with Gasteiger partial charge >= 0.3 is 6.18 Å². The number of carbonyl (C=O) groups is 1. The van der Waals surface area contributed by atoms with Gasteiger partial charge < -0.3 is 24.9 Å². The number of nitrogens with zero attached hydrogens (tertiary/aromatic N) is 2.